The summed E-state index contributed by atoms with van der Waals surface area (Å²) in [5, 5.41) is 3.15. The first-order valence-electron chi connectivity index (χ1n) is 13.9. The van der Waals surface area contributed by atoms with E-state index in [0.29, 0.717) is 25.3 Å². The smallest absolute Gasteiger partial charge is 0.329 e. The molecular weight excluding hydrogens is 494 g/mol. The van der Waals surface area contributed by atoms with E-state index in [9.17, 15) is 14.4 Å². The van der Waals surface area contributed by atoms with E-state index < -0.39 is 5.69 Å². The van der Waals surface area contributed by atoms with Gasteiger partial charge in [0.25, 0.3) is 5.56 Å². The number of benzene rings is 2. The van der Waals surface area contributed by atoms with Gasteiger partial charge in [0.2, 0.25) is 5.91 Å². The molecule has 1 aromatic heterocycles. The number of ether oxygens (including phenoxy) is 1. The third-order valence-corrected chi connectivity index (χ3v) is 7.37. The number of carbonyl (C=O) groups excluding carboxylic acids is 1. The maximum absolute atomic E-state index is 12.9. The number of aromatic nitrogens is 2. The number of amides is 1. The Labute approximate surface area is 228 Å². The van der Waals surface area contributed by atoms with Crippen molar-refractivity contribution in [2.45, 2.75) is 58.6 Å². The molecule has 0 bridgehead atoms. The van der Waals surface area contributed by atoms with Crippen LogP contribution < -0.4 is 26.2 Å². The molecule has 2 aromatic carbocycles. The summed E-state index contributed by atoms with van der Waals surface area (Å²) in [6.07, 6.45) is 4.11. The van der Waals surface area contributed by atoms with Crippen molar-refractivity contribution >= 4 is 23.1 Å². The molecule has 0 spiro atoms. The number of anilines is 3. The Kier molecular flexibility index (Phi) is 8.05. The Bertz CT molecular complexity index is 1400. The van der Waals surface area contributed by atoms with E-state index in [1.165, 1.54) is 17.2 Å². The summed E-state index contributed by atoms with van der Waals surface area (Å²) in [5.74, 6) is 1.27. The number of rotatable bonds is 9. The van der Waals surface area contributed by atoms with Gasteiger partial charge in [-0.05, 0) is 74.9 Å². The zero-order chi connectivity index (χ0) is 27.4. The predicted octanol–water partition coefficient (Wildman–Crippen LogP) is 3.69. The number of fused-ring (bicyclic) bond motifs is 1. The first kappa shape index (κ1) is 26.6. The standard InChI is InChI=1S/C30H37N5O4/c1-21(2)39-26-10-4-3-9-25(26)33-15-17-34(18-16-33)28(36)11-6-14-35-29(37)20-27(32-30(35)38)31-24-13-12-22-7-5-8-23(22)19-24/h3-4,9-10,12-13,19-21,31H,5-8,11,14-18H2,1-2H3,(H,32,38). The average molecular weight is 532 g/mol. The minimum atomic E-state index is -0.477. The lowest BCUT2D eigenvalue weighted by Gasteiger charge is -2.37. The normalized spacial score (nSPS) is 14.9. The molecule has 0 unspecified atom stereocenters. The molecule has 0 radical (unpaired) electrons. The van der Waals surface area contributed by atoms with E-state index >= 15 is 0 Å². The molecule has 1 saturated heterocycles. The zero-order valence-corrected chi connectivity index (χ0v) is 22.7. The molecule has 39 heavy (non-hydrogen) atoms. The second-order valence-corrected chi connectivity index (χ2v) is 10.5. The van der Waals surface area contributed by atoms with Crippen LogP contribution in [0.5, 0.6) is 5.75 Å². The third kappa shape index (κ3) is 6.35. The van der Waals surface area contributed by atoms with Crippen molar-refractivity contribution in [2.75, 3.05) is 36.4 Å². The molecule has 2 N–H and O–H groups in total. The van der Waals surface area contributed by atoms with Gasteiger partial charge in [-0.3, -0.25) is 19.1 Å². The Morgan fingerprint density at radius 1 is 1.00 bits per heavy atom. The van der Waals surface area contributed by atoms with Gasteiger partial charge in [-0.1, -0.05) is 18.2 Å². The van der Waals surface area contributed by atoms with E-state index in [4.69, 9.17) is 4.74 Å². The number of H-pyrrole nitrogens is 1. The second-order valence-electron chi connectivity index (χ2n) is 10.5. The van der Waals surface area contributed by atoms with Gasteiger partial charge >= 0.3 is 5.69 Å². The molecular formula is C30H37N5O4. The summed E-state index contributed by atoms with van der Waals surface area (Å²) in [6, 6.07) is 15.5. The predicted molar refractivity (Wildman–Crippen MR) is 153 cm³/mol. The second kappa shape index (κ2) is 11.8. The Balaban J connectivity index is 1.12. The molecule has 5 rings (SSSR count). The number of para-hydroxylation sites is 2. The summed E-state index contributed by atoms with van der Waals surface area (Å²) < 4.78 is 7.12. The molecule has 3 aromatic rings. The largest absolute Gasteiger partial charge is 0.489 e. The van der Waals surface area contributed by atoms with Crippen molar-refractivity contribution in [2.24, 2.45) is 0 Å². The zero-order valence-electron chi connectivity index (χ0n) is 22.7. The molecule has 2 aliphatic rings. The van der Waals surface area contributed by atoms with Crippen LogP contribution in [-0.4, -0.2) is 52.6 Å². The number of nitrogens with zero attached hydrogens (tertiary/aromatic N) is 3. The van der Waals surface area contributed by atoms with E-state index in [-0.39, 0.29) is 30.5 Å². The van der Waals surface area contributed by atoms with Gasteiger partial charge in [0.05, 0.1) is 11.8 Å². The highest BCUT2D eigenvalue weighted by molar-refractivity contribution is 5.76. The lowest BCUT2D eigenvalue weighted by atomic mass is 10.1. The van der Waals surface area contributed by atoms with Crippen LogP contribution in [0.15, 0.2) is 58.1 Å². The Morgan fingerprint density at radius 2 is 1.77 bits per heavy atom. The molecule has 1 aliphatic carbocycles. The van der Waals surface area contributed by atoms with Crippen molar-refractivity contribution in [1.82, 2.24) is 14.5 Å². The monoisotopic (exact) mass is 531 g/mol. The van der Waals surface area contributed by atoms with Gasteiger partial charge < -0.3 is 19.9 Å². The fourth-order valence-electron chi connectivity index (χ4n) is 5.42. The molecule has 2 heterocycles. The highest BCUT2D eigenvalue weighted by Crippen LogP contribution is 2.30. The van der Waals surface area contributed by atoms with Crippen molar-refractivity contribution in [3.63, 3.8) is 0 Å². The maximum Gasteiger partial charge on any atom is 0.329 e. The van der Waals surface area contributed by atoms with Crippen LogP contribution in [-0.2, 0) is 24.2 Å². The third-order valence-electron chi connectivity index (χ3n) is 7.37. The van der Waals surface area contributed by atoms with Crippen LogP contribution in [0.25, 0.3) is 0 Å². The van der Waals surface area contributed by atoms with Crippen LogP contribution >= 0.6 is 0 Å². The molecule has 9 heteroatoms. The van der Waals surface area contributed by atoms with E-state index in [1.807, 2.05) is 43.0 Å². The summed E-state index contributed by atoms with van der Waals surface area (Å²) >= 11 is 0. The molecule has 1 aliphatic heterocycles. The van der Waals surface area contributed by atoms with Gasteiger partial charge in [-0.25, -0.2) is 4.79 Å². The lowest BCUT2D eigenvalue weighted by Crippen LogP contribution is -2.49. The molecule has 1 fully saturated rings. The van der Waals surface area contributed by atoms with Crippen LogP contribution in [0.3, 0.4) is 0 Å². The number of nitrogens with one attached hydrogen (secondary N) is 2. The highest BCUT2D eigenvalue weighted by Gasteiger charge is 2.23. The number of aryl methyl sites for hydroxylation is 2. The topological polar surface area (TPSA) is 99.7 Å². The molecule has 206 valence electrons. The summed E-state index contributed by atoms with van der Waals surface area (Å²) in [4.78, 5) is 45.0. The molecule has 1 amide bonds. The fraction of sp³-hybridized carbons (Fsp3) is 0.433. The van der Waals surface area contributed by atoms with Crippen molar-refractivity contribution in [3.8, 4) is 5.75 Å². The van der Waals surface area contributed by atoms with Gasteiger partial charge in [-0.2, -0.15) is 0 Å². The fourth-order valence-corrected chi connectivity index (χ4v) is 5.42. The van der Waals surface area contributed by atoms with E-state index in [0.717, 1.165) is 54.0 Å². The quantitative estimate of drug-likeness (QED) is 0.437. The number of carbonyl (C=O) groups is 1. The van der Waals surface area contributed by atoms with Gasteiger partial charge in [0.15, 0.2) is 0 Å². The average Bonchev–Trinajstić information content (AvgIpc) is 3.38. The van der Waals surface area contributed by atoms with E-state index in [1.54, 1.807) is 0 Å². The number of aromatic amines is 1. The summed E-state index contributed by atoms with van der Waals surface area (Å²) in [7, 11) is 0. The highest BCUT2D eigenvalue weighted by atomic mass is 16.5. The Hall–Kier alpha value is -4.01. The van der Waals surface area contributed by atoms with Crippen molar-refractivity contribution < 1.29 is 9.53 Å². The van der Waals surface area contributed by atoms with Gasteiger partial charge in [0.1, 0.15) is 11.6 Å². The van der Waals surface area contributed by atoms with Crippen molar-refractivity contribution in [1.29, 1.82) is 0 Å². The Morgan fingerprint density at radius 3 is 2.54 bits per heavy atom. The molecule has 0 saturated carbocycles. The van der Waals surface area contributed by atoms with Gasteiger partial charge in [-0.15, -0.1) is 0 Å². The van der Waals surface area contributed by atoms with Crippen LogP contribution in [0.2, 0.25) is 0 Å². The number of piperazine rings is 1. The first-order chi connectivity index (χ1) is 18.9. The van der Waals surface area contributed by atoms with E-state index in [2.05, 4.69) is 33.4 Å². The molecule has 0 atom stereocenters. The summed E-state index contributed by atoms with van der Waals surface area (Å²) in [5.41, 5.74) is 3.71. The minimum absolute atomic E-state index is 0.0424. The van der Waals surface area contributed by atoms with Crippen LogP contribution in [0.1, 0.15) is 44.2 Å². The SMILES string of the molecule is CC(C)Oc1ccccc1N1CCN(C(=O)CCCn2c(=O)cc(Nc3ccc4c(c3)CCC4)[nH]c2=O)CC1. The van der Waals surface area contributed by atoms with Crippen LogP contribution in [0.4, 0.5) is 17.2 Å². The number of hydrogen-bond donors (Lipinski definition) is 2. The van der Waals surface area contributed by atoms with Crippen molar-refractivity contribution in [3.05, 3.63) is 80.5 Å². The van der Waals surface area contributed by atoms with Gasteiger partial charge in [0, 0.05) is 50.9 Å². The van der Waals surface area contributed by atoms with Crippen LogP contribution in [0, 0.1) is 0 Å². The minimum Gasteiger partial charge on any atom is -0.489 e. The lowest BCUT2D eigenvalue weighted by molar-refractivity contribution is -0.131. The molecule has 9 nitrogen and oxygen atoms in total. The number of hydrogen-bond acceptors (Lipinski definition) is 6. The maximum atomic E-state index is 12.9. The summed E-state index contributed by atoms with van der Waals surface area (Å²) in [6.45, 7) is 6.91. The first-order valence-corrected chi connectivity index (χ1v) is 13.9.